The van der Waals surface area contributed by atoms with Crippen molar-refractivity contribution in [1.29, 1.82) is 0 Å². The number of halogens is 2. The van der Waals surface area contributed by atoms with Gasteiger partial charge in [-0.3, -0.25) is 19.2 Å². The molecule has 0 radical (unpaired) electrons. The molecular weight excluding hydrogens is 875 g/mol. The zero-order chi connectivity index (χ0) is 49.5. The van der Waals surface area contributed by atoms with Crippen molar-refractivity contribution in [2.75, 3.05) is 20.1 Å². The molecule has 14 nitrogen and oxygen atoms in total. The SMILES string of the molecule is CC[C@@H](C)C(=O)N[C@H](C(=O)N1CCC[C@H]1Cc1c(-c2[nH]c3cc(F)ccc3c2C[C@@H]2CCCN2C(=O)[C@@H](CC(=O)[C@H](C)NC)C(C)C)n([C@H]2O[C@@H](C)[C@@H](O)[C@@H](O)[C@@H]2O)c2cc(F)ccc12)C(C)C. The summed E-state index contributed by atoms with van der Waals surface area (Å²) < 4.78 is 39.0. The van der Waals surface area contributed by atoms with E-state index in [-0.39, 0.29) is 66.2 Å². The second-order valence-corrected chi connectivity index (χ2v) is 20.4. The summed E-state index contributed by atoms with van der Waals surface area (Å²) in [5, 5.41) is 41.3. The fraction of sp³-hybridized carbons (Fsp3) is 0.615. The molecule has 6 N–H and O–H groups in total. The minimum atomic E-state index is -1.69. The predicted molar refractivity (Wildman–Crippen MR) is 256 cm³/mol. The van der Waals surface area contributed by atoms with Crippen molar-refractivity contribution < 1.29 is 48.0 Å². The van der Waals surface area contributed by atoms with Gasteiger partial charge in [-0.25, -0.2) is 8.78 Å². The van der Waals surface area contributed by atoms with Crippen molar-refractivity contribution in [3.63, 3.8) is 0 Å². The van der Waals surface area contributed by atoms with Gasteiger partial charge in [0, 0.05) is 59.7 Å². The van der Waals surface area contributed by atoms with Crippen molar-refractivity contribution in [2.45, 2.75) is 162 Å². The molecule has 3 aliphatic heterocycles. The van der Waals surface area contributed by atoms with Crippen LogP contribution in [0.15, 0.2) is 36.4 Å². The molecule has 2 aromatic heterocycles. The van der Waals surface area contributed by atoms with Crippen LogP contribution >= 0.6 is 0 Å². The summed E-state index contributed by atoms with van der Waals surface area (Å²) in [5.41, 5.74) is 3.11. The van der Waals surface area contributed by atoms with E-state index >= 15 is 8.78 Å². The molecule has 3 amide bonds. The summed E-state index contributed by atoms with van der Waals surface area (Å²) in [6.45, 7) is 15.7. The number of aromatic nitrogens is 2. The van der Waals surface area contributed by atoms with Crippen molar-refractivity contribution in [1.82, 2.24) is 30.0 Å². The van der Waals surface area contributed by atoms with E-state index in [1.165, 1.54) is 24.3 Å². The molecule has 16 heteroatoms. The minimum absolute atomic E-state index is 0.0507. The van der Waals surface area contributed by atoms with E-state index in [0.717, 1.165) is 12.0 Å². The Hall–Kier alpha value is -4.74. The van der Waals surface area contributed by atoms with Gasteiger partial charge in [0.1, 0.15) is 41.8 Å². The zero-order valence-corrected chi connectivity index (χ0v) is 41.0. The second kappa shape index (κ2) is 21.1. The molecule has 2 aromatic carbocycles. The first-order chi connectivity index (χ1) is 32.3. The maximum atomic E-state index is 15.7. The van der Waals surface area contributed by atoms with E-state index in [4.69, 9.17) is 4.74 Å². The molecule has 372 valence electrons. The largest absolute Gasteiger partial charge is 0.388 e. The lowest BCUT2D eigenvalue weighted by molar-refractivity contribution is -0.238. The van der Waals surface area contributed by atoms with Gasteiger partial charge in [0.15, 0.2) is 6.23 Å². The summed E-state index contributed by atoms with van der Waals surface area (Å²) in [6, 6.07) is 6.87. The number of fused-ring (bicyclic) bond motifs is 2. The molecule has 0 saturated carbocycles. The van der Waals surface area contributed by atoms with Crippen LogP contribution in [0.1, 0.15) is 111 Å². The number of likely N-dealkylation sites (N-methyl/N-ethyl adjacent to an activating group) is 1. The van der Waals surface area contributed by atoms with Crippen molar-refractivity contribution >= 4 is 45.3 Å². The van der Waals surface area contributed by atoms with Gasteiger partial charge < -0.3 is 50.0 Å². The number of rotatable bonds is 17. The quantitative estimate of drug-likeness (QED) is 0.0721. The summed E-state index contributed by atoms with van der Waals surface area (Å²) in [6.07, 6.45) is -3.14. The van der Waals surface area contributed by atoms with Gasteiger partial charge in [0.05, 0.1) is 29.1 Å². The average Bonchev–Trinajstić information content (AvgIpc) is 4.11. The highest BCUT2D eigenvalue weighted by Gasteiger charge is 2.46. The summed E-state index contributed by atoms with van der Waals surface area (Å²) in [7, 11) is 1.71. The van der Waals surface area contributed by atoms with Crippen LogP contribution in [-0.2, 0) is 36.8 Å². The number of nitrogens with zero attached hydrogens (tertiary/aromatic N) is 3. The number of amides is 3. The van der Waals surface area contributed by atoms with E-state index in [9.17, 15) is 34.5 Å². The highest BCUT2D eigenvalue weighted by molar-refractivity contribution is 5.97. The number of aromatic amines is 1. The van der Waals surface area contributed by atoms with E-state index in [1.807, 2.05) is 51.3 Å². The fourth-order valence-electron chi connectivity index (χ4n) is 10.7. The van der Waals surface area contributed by atoms with E-state index in [1.54, 1.807) is 37.6 Å². The van der Waals surface area contributed by atoms with Crippen LogP contribution < -0.4 is 10.6 Å². The lowest BCUT2D eigenvalue weighted by Gasteiger charge is -2.41. The number of aliphatic hydroxyl groups is 3. The van der Waals surface area contributed by atoms with Gasteiger partial charge in [0.2, 0.25) is 17.7 Å². The molecule has 3 saturated heterocycles. The first-order valence-corrected chi connectivity index (χ1v) is 24.7. The zero-order valence-electron chi connectivity index (χ0n) is 41.0. The molecule has 0 bridgehead atoms. The van der Waals surface area contributed by atoms with Crippen LogP contribution in [0.4, 0.5) is 8.78 Å². The van der Waals surface area contributed by atoms with Gasteiger partial charge in [-0.2, -0.15) is 0 Å². The van der Waals surface area contributed by atoms with E-state index < -0.39 is 60.3 Å². The van der Waals surface area contributed by atoms with E-state index in [0.29, 0.717) is 84.0 Å². The topological polar surface area (TPSA) is 189 Å². The fourth-order valence-corrected chi connectivity index (χ4v) is 10.7. The van der Waals surface area contributed by atoms with Crippen LogP contribution in [0.5, 0.6) is 0 Å². The Bertz CT molecular complexity index is 2490. The third kappa shape index (κ3) is 9.99. The number of ketones is 1. The lowest BCUT2D eigenvalue weighted by atomic mass is 9.87. The number of hydrogen-bond donors (Lipinski definition) is 6. The molecular formula is C52H72F2N6O8. The Kier molecular flexibility index (Phi) is 15.9. The lowest BCUT2D eigenvalue weighted by Crippen LogP contribution is -2.54. The third-order valence-electron chi connectivity index (χ3n) is 15.2. The third-order valence-corrected chi connectivity index (χ3v) is 15.2. The summed E-state index contributed by atoms with van der Waals surface area (Å²) in [4.78, 5) is 62.9. The standard InChI is InChI=1S/C52H72F2N6O8/c1-10-28(6)49(65)57-43(27(4)5)51(67)59-20-12-14-34(59)24-39-36-18-16-32(54)22-41(36)60(52-48(64)47(63)46(62)30(8)68-52)45(39)44-38(35-17-15-31(53)21-40(35)56-44)23-33-13-11-19-58(33)50(66)37(26(2)3)25-42(61)29(7)55-9/h15-18,21-22,26-30,33-34,37,43,46-48,52,55-56,62-64H,10-14,19-20,23-25H2,1-9H3,(H,57,65)/t28-,29+,30+,33+,34+,37+,43+,46-,47-,48+,52+/m1/s1. The minimum Gasteiger partial charge on any atom is -0.388 e. The molecule has 0 spiro atoms. The van der Waals surface area contributed by atoms with Gasteiger partial charge in [-0.05, 0) is 125 Å². The summed E-state index contributed by atoms with van der Waals surface area (Å²) >= 11 is 0. The Morgan fingerprint density at radius 1 is 0.809 bits per heavy atom. The molecule has 11 atom stereocenters. The highest BCUT2D eigenvalue weighted by Crippen LogP contribution is 2.45. The van der Waals surface area contributed by atoms with Crippen LogP contribution in [0, 0.1) is 35.3 Å². The maximum absolute atomic E-state index is 15.7. The number of aliphatic hydroxyl groups excluding tert-OH is 3. The Morgan fingerprint density at radius 2 is 1.41 bits per heavy atom. The number of H-pyrrole nitrogens is 1. The monoisotopic (exact) mass is 947 g/mol. The number of nitrogens with one attached hydrogen (secondary N) is 3. The number of carbonyl (C=O) groups is 4. The number of hydrogen-bond acceptors (Lipinski definition) is 9. The molecule has 7 rings (SSSR count). The first-order valence-electron chi connectivity index (χ1n) is 24.7. The van der Waals surface area contributed by atoms with Gasteiger partial charge in [-0.1, -0.05) is 41.5 Å². The molecule has 5 heterocycles. The van der Waals surface area contributed by atoms with Crippen LogP contribution in [0.2, 0.25) is 0 Å². The summed E-state index contributed by atoms with van der Waals surface area (Å²) in [5.74, 6) is -2.80. The predicted octanol–water partition coefficient (Wildman–Crippen LogP) is 6.16. The van der Waals surface area contributed by atoms with Gasteiger partial charge in [0.25, 0.3) is 0 Å². The molecule has 4 aromatic rings. The molecule has 68 heavy (non-hydrogen) atoms. The number of Topliss-reactive ketones (excluding diaryl/α,β-unsaturated/α-hetero) is 1. The maximum Gasteiger partial charge on any atom is 0.245 e. The number of carbonyl (C=O) groups excluding carboxylic acids is 4. The first kappa shape index (κ1) is 51.1. The number of likely N-dealkylation sites (tertiary alicyclic amines) is 2. The average molecular weight is 947 g/mol. The van der Waals surface area contributed by atoms with Crippen molar-refractivity contribution in [3.05, 3.63) is 59.2 Å². The smallest absolute Gasteiger partial charge is 0.245 e. The van der Waals surface area contributed by atoms with Crippen molar-refractivity contribution in [3.8, 4) is 11.4 Å². The normalized spacial score (nSPS) is 25.1. The van der Waals surface area contributed by atoms with Gasteiger partial charge in [-0.15, -0.1) is 0 Å². The molecule has 0 unspecified atom stereocenters. The number of ether oxygens (including phenoxy) is 1. The molecule has 0 aliphatic carbocycles. The molecule has 3 aliphatic rings. The Morgan fingerprint density at radius 3 is 2.01 bits per heavy atom. The van der Waals surface area contributed by atoms with Gasteiger partial charge >= 0.3 is 0 Å². The Labute approximate surface area is 398 Å². The number of benzene rings is 2. The van der Waals surface area contributed by atoms with Crippen LogP contribution in [0.25, 0.3) is 33.2 Å². The van der Waals surface area contributed by atoms with Crippen LogP contribution in [-0.4, -0.2) is 127 Å². The van der Waals surface area contributed by atoms with E-state index in [2.05, 4.69) is 15.6 Å². The van der Waals surface area contributed by atoms with Crippen molar-refractivity contribution in [2.24, 2.45) is 23.7 Å². The second-order valence-electron chi connectivity index (χ2n) is 20.4. The van der Waals surface area contributed by atoms with Crippen LogP contribution in [0.3, 0.4) is 0 Å². The molecule has 3 fully saturated rings. The Balaban J connectivity index is 1.41. The highest BCUT2D eigenvalue weighted by atomic mass is 19.1.